The predicted molar refractivity (Wildman–Crippen MR) is 78.0 cm³/mol. The van der Waals surface area contributed by atoms with Crippen LogP contribution in [0.3, 0.4) is 0 Å². The molecule has 0 aliphatic carbocycles. The first-order chi connectivity index (χ1) is 9.60. The van der Waals surface area contributed by atoms with Crippen LogP contribution in [0.5, 0.6) is 5.75 Å². The monoisotopic (exact) mass is 271 g/mol. The van der Waals surface area contributed by atoms with Crippen molar-refractivity contribution in [2.75, 3.05) is 5.73 Å². The maximum atomic E-state index is 11.1. The quantitative estimate of drug-likeness (QED) is 0.819. The van der Waals surface area contributed by atoms with Crippen molar-refractivity contribution in [2.45, 2.75) is 20.0 Å². The summed E-state index contributed by atoms with van der Waals surface area (Å²) in [4.78, 5) is 11.1. The summed E-state index contributed by atoms with van der Waals surface area (Å²) in [5.41, 5.74) is 8.32. The van der Waals surface area contributed by atoms with Crippen molar-refractivity contribution < 1.29 is 14.6 Å². The normalized spacial score (nSPS) is 10.2. The number of anilines is 1. The molecule has 3 N–H and O–H groups in total. The Labute approximate surface area is 117 Å². The Bertz CT molecular complexity index is 606. The lowest BCUT2D eigenvalue weighted by Crippen LogP contribution is -2.04. The molecule has 4 nitrogen and oxygen atoms in total. The molecule has 2 rings (SSSR count). The molecule has 4 heteroatoms. The minimum absolute atomic E-state index is 0.0789. The van der Waals surface area contributed by atoms with Crippen LogP contribution in [-0.4, -0.2) is 11.1 Å². The standard InChI is InChI=1S/C16H17NO3/c1-2-11-3-5-12(6-4-11)10-20-15-8-7-13(17)9-14(15)16(18)19/h3-9H,2,10,17H2,1H3,(H,18,19). The van der Waals surface area contributed by atoms with Gasteiger partial charge < -0.3 is 15.6 Å². The van der Waals surface area contributed by atoms with Crippen LogP contribution in [0.15, 0.2) is 42.5 Å². The third kappa shape index (κ3) is 3.29. The summed E-state index contributed by atoms with van der Waals surface area (Å²) in [7, 11) is 0. The number of rotatable bonds is 5. The summed E-state index contributed by atoms with van der Waals surface area (Å²) < 4.78 is 5.58. The second-order valence-electron chi connectivity index (χ2n) is 4.52. The fraction of sp³-hybridized carbons (Fsp3) is 0.188. The van der Waals surface area contributed by atoms with Gasteiger partial charge >= 0.3 is 5.97 Å². The molecule has 2 aromatic carbocycles. The second-order valence-corrected chi connectivity index (χ2v) is 4.52. The molecule has 0 bridgehead atoms. The topological polar surface area (TPSA) is 72.5 Å². The Morgan fingerprint density at radius 2 is 1.80 bits per heavy atom. The van der Waals surface area contributed by atoms with Crippen molar-refractivity contribution in [3.05, 3.63) is 59.2 Å². The molecule has 0 aromatic heterocycles. The Kier molecular flexibility index (Phi) is 4.25. The molecule has 0 radical (unpaired) electrons. The number of hydrogen-bond donors (Lipinski definition) is 2. The predicted octanol–water partition coefficient (Wildman–Crippen LogP) is 3.11. The zero-order valence-corrected chi connectivity index (χ0v) is 11.3. The van der Waals surface area contributed by atoms with Crippen LogP contribution in [0.4, 0.5) is 5.69 Å². The third-order valence-corrected chi connectivity index (χ3v) is 3.06. The number of carboxylic acid groups (broad SMARTS) is 1. The third-order valence-electron chi connectivity index (χ3n) is 3.06. The largest absolute Gasteiger partial charge is 0.488 e. The van der Waals surface area contributed by atoms with Crippen molar-refractivity contribution in [3.63, 3.8) is 0 Å². The molecule has 20 heavy (non-hydrogen) atoms. The van der Waals surface area contributed by atoms with Crippen LogP contribution in [0.25, 0.3) is 0 Å². The van der Waals surface area contributed by atoms with Crippen LogP contribution in [0, 0.1) is 0 Å². The minimum Gasteiger partial charge on any atom is -0.488 e. The van der Waals surface area contributed by atoms with E-state index < -0.39 is 5.97 Å². The number of hydrogen-bond acceptors (Lipinski definition) is 3. The summed E-state index contributed by atoms with van der Waals surface area (Å²) in [5, 5.41) is 9.12. The molecule has 104 valence electrons. The van der Waals surface area contributed by atoms with E-state index in [0.717, 1.165) is 12.0 Å². The van der Waals surface area contributed by atoms with E-state index in [1.807, 2.05) is 24.3 Å². The maximum Gasteiger partial charge on any atom is 0.339 e. The first kappa shape index (κ1) is 13.9. The van der Waals surface area contributed by atoms with Gasteiger partial charge in [-0.3, -0.25) is 0 Å². The lowest BCUT2D eigenvalue weighted by Gasteiger charge is -2.10. The van der Waals surface area contributed by atoms with Gasteiger partial charge in [0.15, 0.2) is 0 Å². The first-order valence-electron chi connectivity index (χ1n) is 6.43. The number of aryl methyl sites for hydroxylation is 1. The molecule has 0 amide bonds. The van der Waals surface area contributed by atoms with E-state index in [9.17, 15) is 4.79 Å². The van der Waals surface area contributed by atoms with Crippen LogP contribution >= 0.6 is 0 Å². The average Bonchev–Trinajstić information content (AvgIpc) is 2.46. The van der Waals surface area contributed by atoms with E-state index in [0.29, 0.717) is 18.0 Å². The molecule has 2 aromatic rings. The molecule has 0 fully saturated rings. The van der Waals surface area contributed by atoms with Crippen molar-refractivity contribution in [1.82, 2.24) is 0 Å². The molecule has 0 unspecified atom stereocenters. The Balaban J connectivity index is 2.12. The Morgan fingerprint density at radius 3 is 2.40 bits per heavy atom. The zero-order valence-electron chi connectivity index (χ0n) is 11.3. The number of nitrogen functional groups attached to an aromatic ring is 1. The fourth-order valence-corrected chi connectivity index (χ4v) is 1.87. The molecule has 0 saturated heterocycles. The zero-order chi connectivity index (χ0) is 14.5. The van der Waals surface area contributed by atoms with Gasteiger partial charge in [-0.1, -0.05) is 31.2 Å². The minimum atomic E-state index is -1.05. The van der Waals surface area contributed by atoms with Gasteiger partial charge in [0.2, 0.25) is 0 Å². The van der Waals surface area contributed by atoms with Crippen LogP contribution in [0.1, 0.15) is 28.4 Å². The van der Waals surface area contributed by atoms with E-state index in [-0.39, 0.29) is 5.56 Å². The highest BCUT2D eigenvalue weighted by molar-refractivity contribution is 5.92. The number of ether oxygens (including phenoxy) is 1. The van der Waals surface area contributed by atoms with E-state index in [1.165, 1.54) is 11.6 Å². The highest BCUT2D eigenvalue weighted by atomic mass is 16.5. The van der Waals surface area contributed by atoms with Crippen LogP contribution in [0.2, 0.25) is 0 Å². The highest BCUT2D eigenvalue weighted by Crippen LogP contribution is 2.22. The van der Waals surface area contributed by atoms with Crippen molar-refractivity contribution in [3.8, 4) is 5.75 Å². The van der Waals surface area contributed by atoms with Crippen molar-refractivity contribution in [1.29, 1.82) is 0 Å². The molecule has 0 aliphatic heterocycles. The van der Waals surface area contributed by atoms with E-state index in [4.69, 9.17) is 15.6 Å². The number of benzene rings is 2. The summed E-state index contributed by atoms with van der Waals surface area (Å²) >= 11 is 0. The van der Waals surface area contributed by atoms with Gasteiger partial charge in [-0.15, -0.1) is 0 Å². The SMILES string of the molecule is CCc1ccc(COc2ccc(N)cc2C(=O)O)cc1. The van der Waals surface area contributed by atoms with Gasteiger partial charge in [-0.05, 0) is 35.7 Å². The summed E-state index contributed by atoms with van der Waals surface area (Å²) in [6.07, 6.45) is 0.988. The van der Waals surface area contributed by atoms with Crippen molar-refractivity contribution >= 4 is 11.7 Å². The highest BCUT2D eigenvalue weighted by Gasteiger charge is 2.11. The van der Waals surface area contributed by atoms with Crippen LogP contribution < -0.4 is 10.5 Å². The van der Waals surface area contributed by atoms with Gasteiger partial charge in [0.1, 0.15) is 17.9 Å². The molecule has 0 atom stereocenters. The Morgan fingerprint density at radius 1 is 1.15 bits per heavy atom. The molecular formula is C16H17NO3. The summed E-state index contributed by atoms with van der Waals surface area (Å²) in [6, 6.07) is 12.7. The first-order valence-corrected chi connectivity index (χ1v) is 6.43. The molecule has 0 heterocycles. The molecule has 0 saturated carbocycles. The number of aromatic carboxylic acids is 1. The smallest absolute Gasteiger partial charge is 0.339 e. The lowest BCUT2D eigenvalue weighted by molar-refractivity contribution is 0.0692. The fourth-order valence-electron chi connectivity index (χ4n) is 1.87. The second kappa shape index (κ2) is 6.10. The van der Waals surface area contributed by atoms with Crippen molar-refractivity contribution in [2.24, 2.45) is 0 Å². The maximum absolute atomic E-state index is 11.1. The molecule has 0 aliphatic rings. The average molecular weight is 271 g/mol. The van der Waals surface area contributed by atoms with E-state index in [1.54, 1.807) is 12.1 Å². The van der Waals surface area contributed by atoms with Crippen LogP contribution in [-0.2, 0) is 13.0 Å². The van der Waals surface area contributed by atoms with Gasteiger partial charge in [0, 0.05) is 5.69 Å². The summed E-state index contributed by atoms with van der Waals surface area (Å²) in [6.45, 7) is 2.42. The summed E-state index contributed by atoms with van der Waals surface area (Å²) in [5.74, 6) is -0.722. The van der Waals surface area contributed by atoms with Gasteiger partial charge in [0.05, 0.1) is 0 Å². The van der Waals surface area contributed by atoms with Gasteiger partial charge in [-0.25, -0.2) is 4.79 Å². The molecular weight excluding hydrogens is 254 g/mol. The van der Waals surface area contributed by atoms with Gasteiger partial charge in [0.25, 0.3) is 0 Å². The van der Waals surface area contributed by atoms with E-state index >= 15 is 0 Å². The number of carbonyl (C=O) groups is 1. The Hall–Kier alpha value is -2.49. The lowest BCUT2D eigenvalue weighted by atomic mass is 10.1. The van der Waals surface area contributed by atoms with E-state index in [2.05, 4.69) is 6.92 Å². The number of nitrogens with two attached hydrogens (primary N) is 1. The molecule has 0 spiro atoms. The number of carboxylic acids is 1. The van der Waals surface area contributed by atoms with Gasteiger partial charge in [-0.2, -0.15) is 0 Å².